The molecule has 0 bridgehead atoms. The summed E-state index contributed by atoms with van der Waals surface area (Å²) >= 11 is 11.4. The van der Waals surface area contributed by atoms with Gasteiger partial charge in [-0.15, -0.1) is 0 Å². The fraction of sp³-hybridized carbons (Fsp3) is 0.192. The second kappa shape index (κ2) is 10.7. The van der Waals surface area contributed by atoms with Gasteiger partial charge in [0.25, 0.3) is 5.91 Å². The van der Waals surface area contributed by atoms with E-state index < -0.39 is 0 Å². The number of unbranched alkanes of at least 4 members (excludes halogenated alkanes) is 1. The summed E-state index contributed by atoms with van der Waals surface area (Å²) in [5.41, 5.74) is 4.25. The van der Waals surface area contributed by atoms with E-state index in [1.165, 1.54) is 0 Å². The van der Waals surface area contributed by atoms with Gasteiger partial charge in [-0.05, 0) is 79.7 Å². The van der Waals surface area contributed by atoms with E-state index >= 15 is 0 Å². The van der Waals surface area contributed by atoms with Gasteiger partial charge in [0.2, 0.25) is 5.89 Å². The number of rotatable bonds is 7. The Balaban J connectivity index is 1.45. The van der Waals surface area contributed by atoms with Crippen LogP contribution in [0.25, 0.3) is 22.6 Å². The molecule has 0 aliphatic heterocycles. The number of amides is 1. The minimum Gasteiger partial charge on any atom is -0.494 e. The predicted octanol–water partition coefficient (Wildman–Crippen LogP) is 6.76. The van der Waals surface area contributed by atoms with Crippen LogP contribution >= 0.6 is 23.8 Å². The summed E-state index contributed by atoms with van der Waals surface area (Å²) in [7, 11) is 0. The molecule has 0 radical (unpaired) electrons. The number of thiocarbonyl (C=S) groups is 1. The summed E-state index contributed by atoms with van der Waals surface area (Å²) in [5.74, 6) is 0.807. The van der Waals surface area contributed by atoms with Crippen molar-refractivity contribution in [1.29, 1.82) is 0 Å². The molecule has 3 aromatic carbocycles. The van der Waals surface area contributed by atoms with Gasteiger partial charge in [-0.25, -0.2) is 4.98 Å². The molecule has 0 aliphatic carbocycles. The number of ether oxygens (including phenoxy) is 1. The molecule has 4 rings (SSSR count). The van der Waals surface area contributed by atoms with Crippen LogP contribution in [-0.2, 0) is 0 Å². The van der Waals surface area contributed by atoms with Crippen molar-refractivity contribution in [3.05, 3.63) is 76.8 Å². The molecular formula is C26H24ClN3O3S. The zero-order valence-electron chi connectivity index (χ0n) is 18.9. The molecule has 0 spiro atoms. The SMILES string of the molecule is CCCCOc1cccc(C(=O)NC(=S)Nc2cc(-c3nc4cc(Cl)ccc4o3)ccc2C)c1. The first kappa shape index (κ1) is 23.7. The fourth-order valence-electron chi connectivity index (χ4n) is 3.30. The van der Waals surface area contributed by atoms with Gasteiger partial charge in [0, 0.05) is 21.8 Å². The van der Waals surface area contributed by atoms with E-state index in [1.807, 2.05) is 31.2 Å². The highest BCUT2D eigenvalue weighted by atomic mass is 35.5. The molecule has 0 fully saturated rings. The van der Waals surface area contributed by atoms with Crippen LogP contribution in [0.5, 0.6) is 5.75 Å². The van der Waals surface area contributed by atoms with E-state index in [0.717, 1.165) is 29.7 Å². The Hall–Kier alpha value is -3.42. The molecule has 0 unspecified atom stereocenters. The Kier molecular flexibility index (Phi) is 7.45. The summed E-state index contributed by atoms with van der Waals surface area (Å²) in [4.78, 5) is 17.2. The van der Waals surface area contributed by atoms with Crippen molar-refractivity contribution < 1.29 is 13.9 Å². The van der Waals surface area contributed by atoms with Gasteiger partial charge in [0.1, 0.15) is 11.3 Å². The van der Waals surface area contributed by atoms with Crippen LogP contribution in [-0.4, -0.2) is 22.6 Å². The molecule has 4 aromatic rings. The molecule has 1 aromatic heterocycles. The Morgan fingerprint density at radius 1 is 1.15 bits per heavy atom. The number of halogens is 1. The lowest BCUT2D eigenvalue weighted by Gasteiger charge is -2.13. The van der Waals surface area contributed by atoms with Crippen LogP contribution < -0.4 is 15.4 Å². The van der Waals surface area contributed by atoms with E-state index in [-0.39, 0.29) is 11.0 Å². The molecule has 1 heterocycles. The Bertz CT molecular complexity index is 1350. The molecule has 0 atom stereocenters. The van der Waals surface area contributed by atoms with Crippen molar-refractivity contribution in [3.63, 3.8) is 0 Å². The molecule has 2 N–H and O–H groups in total. The maximum atomic E-state index is 12.7. The van der Waals surface area contributed by atoms with Gasteiger partial charge in [-0.2, -0.15) is 0 Å². The van der Waals surface area contributed by atoms with Crippen molar-refractivity contribution in [3.8, 4) is 17.2 Å². The lowest BCUT2D eigenvalue weighted by Crippen LogP contribution is -2.34. The summed E-state index contributed by atoms with van der Waals surface area (Å²) < 4.78 is 11.6. The number of anilines is 1. The number of aryl methyl sites for hydroxylation is 1. The quantitative estimate of drug-likeness (QED) is 0.219. The van der Waals surface area contributed by atoms with Crippen LogP contribution in [0.4, 0.5) is 5.69 Å². The molecule has 0 saturated heterocycles. The van der Waals surface area contributed by atoms with Crippen molar-refractivity contribution in [2.24, 2.45) is 0 Å². The van der Waals surface area contributed by atoms with Gasteiger partial charge in [-0.1, -0.05) is 37.1 Å². The largest absolute Gasteiger partial charge is 0.494 e. The summed E-state index contributed by atoms with van der Waals surface area (Å²) in [6, 6.07) is 18.1. The minimum atomic E-state index is -0.317. The zero-order chi connectivity index (χ0) is 24.1. The average molecular weight is 494 g/mol. The number of nitrogens with zero attached hydrogens (tertiary/aromatic N) is 1. The van der Waals surface area contributed by atoms with E-state index in [2.05, 4.69) is 22.5 Å². The highest BCUT2D eigenvalue weighted by molar-refractivity contribution is 7.80. The number of carbonyl (C=O) groups excluding carboxylic acids is 1. The van der Waals surface area contributed by atoms with Crippen molar-refractivity contribution >= 4 is 51.6 Å². The van der Waals surface area contributed by atoms with E-state index in [4.69, 9.17) is 33.0 Å². The Morgan fingerprint density at radius 3 is 2.82 bits per heavy atom. The van der Waals surface area contributed by atoms with Gasteiger partial charge in [-0.3, -0.25) is 10.1 Å². The van der Waals surface area contributed by atoms with E-state index in [9.17, 15) is 4.79 Å². The topological polar surface area (TPSA) is 76.4 Å². The van der Waals surface area contributed by atoms with Crippen LogP contribution in [0, 0.1) is 6.92 Å². The second-order valence-electron chi connectivity index (χ2n) is 7.80. The lowest BCUT2D eigenvalue weighted by molar-refractivity contribution is 0.0977. The standard InChI is InChI=1S/C26H24ClN3O3S/c1-3-4-12-32-20-7-5-6-17(13-20)24(31)30-26(34)29-21-14-18(9-8-16(21)2)25-28-22-15-19(27)10-11-23(22)33-25/h5-11,13-15H,3-4,12H2,1-2H3,(H2,29,30,31,34). The van der Waals surface area contributed by atoms with Crippen molar-refractivity contribution in [2.75, 3.05) is 11.9 Å². The first-order valence-electron chi connectivity index (χ1n) is 11.0. The van der Waals surface area contributed by atoms with Gasteiger partial charge >= 0.3 is 0 Å². The highest BCUT2D eigenvalue weighted by Gasteiger charge is 2.13. The number of carbonyl (C=O) groups is 1. The number of hydrogen-bond donors (Lipinski definition) is 2. The van der Waals surface area contributed by atoms with Gasteiger partial charge in [0.05, 0.1) is 6.61 Å². The molecule has 0 aliphatic rings. The minimum absolute atomic E-state index is 0.187. The Morgan fingerprint density at radius 2 is 2.00 bits per heavy atom. The van der Waals surface area contributed by atoms with Crippen LogP contribution in [0.15, 0.2) is 65.1 Å². The molecule has 174 valence electrons. The van der Waals surface area contributed by atoms with Crippen LogP contribution in [0.2, 0.25) is 5.02 Å². The number of hydrogen-bond acceptors (Lipinski definition) is 5. The average Bonchev–Trinajstić information content (AvgIpc) is 3.24. The number of fused-ring (bicyclic) bond motifs is 1. The van der Waals surface area contributed by atoms with E-state index in [0.29, 0.717) is 39.9 Å². The molecule has 8 heteroatoms. The molecule has 34 heavy (non-hydrogen) atoms. The summed E-state index contributed by atoms with van der Waals surface area (Å²) in [6.45, 7) is 4.66. The molecule has 1 amide bonds. The monoisotopic (exact) mass is 493 g/mol. The molecular weight excluding hydrogens is 470 g/mol. The normalized spacial score (nSPS) is 10.8. The zero-order valence-corrected chi connectivity index (χ0v) is 20.4. The Labute approximate surface area is 208 Å². The van der Waals surface area contributed by atoms with Crippen LogP contribution in [0.1, 0.15) is 35.7 Å². The smallest absolute Gasteiger partial charge is 0.257 e. The second-order valence-corrected chi connectivity index (χ2v) is 8.64. The molecule has 0 saturated carbocycles. The van der Waals surface area contributed by atoms with Crippen LogP contribution in [0.3, 0.4) is 0 Å². The fourth-order valence-corrected chi connectivity index (χ4v) is 3.67. The maximum absolute atomic E-state index is 12.7. The maximum Gasteiger partial charge on any atom is 0.257 e. The van der Waals surface area contributed by atoms with Gasteiger partial charge < -0.3 is 14.5 Å². The number of oxazole rings is 1. The summed E-state index contributed by atoms with van der Waals surface area (Å²) in [5, 5.41) is 6.61. The van der Waals surface area contributed by atoms with Crippen molar-refractivity contribution in [2.45, 2.75) is 26.7 Å². The van der Waals surface area contributed by atoms with Crippen molar-refractivity contribution in [1.82, 2.24) is 10.3 Å². The third-order valence-corrected chi connectivity index (χ3v) is 5.61. The summed E-state index contributed by atoms with van der Waals surface area (Å²) in [6.07, 6.45) is 2.00. The third-order valence-electron chi connectivity index (χ3n) is 5.17. The number of nitrogens with one attached hydrogen (secondary N) is 2. The number of aromatic nitrogens is 1. The van der Waals surface area contributed by atoms with E-state index in [1.54, 1.807) is 36.4 Å². The first-order valence-corrected chi connectivity index (χ1v) is 11.7. The molecule has 6 nitrogen and oxygen atoms in total. The number of benzene rings is 3. The third kappa shape index (κ3) is 5.73. The van der Waals surface area contributed by atoms with Gasteiger partial charge in [0.15, 0.2) is 10.7 Å². The lowest BCUT2D eigenvalue weighted by atomic mass is 10.1. The first-order chi connectivity index (χ1) is 16.4. The predicted molar refractivity (Wildman–Crippen MR) is 140 cm³/mol. The highest BCUT2D eigenvalue weighted by Crippen LogP contribution is 2.29.